The maximum absolute atomic E-state index is 12.0. The molecular formula is C6H11F2NO. The number of nitrogens with two attached hydrogens (primary N) is 1. The van der Waals surface area contributed by atoms with E-state index in [1.54, 1.807) is 0 Å². The van der Waals surface area contributed by atoms with Crippen molar-refractivity contribution in [3.63, 3.8) is 0 Å². The molecule has 1 rings (SSSR count). The SMILES string of the molecule is NC[C@@H]1CCO[C@H]1C(F)F. The molecule has 2 atom stereocenters. The van der Waals surface area contributed by atoms with Gasteiger partial charge in [0.25, 0.3) is 6.43 Å². The van der Waals surface area contributed by atoms with Gasteiger partial charge in [-0.3, -0.25) is 0 Å². The summed E-state index contributed by atoms with van der Waals surface area (Å²) in [6.45, 7) is 0.728. The molecule has 0 amide bonds. The Kier molecular flexibility index (Phi) is 2.56. The molecule has 2 N–H and O–H groups in total. The van der Waals surface area contributed by atoms with Crippen LogP contribution in [0.4, 0.5) is 8.78 Å². The fourth-order valence-corrected chi connectivity index (χ4v) is 1.19. The van der Waals surface area contributed by atoms with E-state index in [4.69, 9.17) is 10.5 Å². The second-order valence-corrected chi connectivity index (χ2v) is 2.45. The minimum absolute atomic E-state index is 0.139. The highest BCUT2D eigenvalue weighted by atomic mass is 19.3. The smallest absolute Gasteiger partial charge is 0.264 e. The Morgan fingerprint density at radius 1 is 1.60 bits per heavy atom. The summed E-state index contributed by atoms with van der Waals surface area (Å²) in [6.07, 6.45) is -2.62. The molecule has 4 heteroatoms. The van der Waals surface area contributed by atoms with Gasteiger partial charge in [0.2, 0.25) is 0 Å². The first kappa shape index (κ1) is 7.88. The quantitative estimate of drug-likeness (QED) is 0.627. The van der Waals surface area contributed by atoms with Crippen molar-refractivity contribution in [3.8, 4) is 0 Å². The second kappa shape index (κ2) is 3.25. The van der Waals surface area contributed by atoms with Crippen LogP contribution in [0.3, 0.4) is 0 Å². The zero-order chi connectivity index (χ0) is 7.56. The van der Waals surface area contributed by atoms with Crippen molar-refractivity contribution < 1.29 is 13.5 Å². The molecule has 1 saturated heterocycles. The first-order valence-electron chi connectivity index (χ1n) is 3.35. The third-order valence-corrected chi connectivity index (χ3v) is 1.81. The molecule has 0 aromatic rings. The maximum Gasteiger partial charge on any atom is 0.264 e. The molecule has 1 aliphatic rings. The molecule has 0 aromatic heterocycles. The van der Waals surface area contributed by atoms with Crippen LogP contribution in [0, 0.1) is 5.92 Å². The summed E-state index contributed by atoms with van der Waals surface area (Å²) in [5, 5.41) is 0. The van der Waals surface area contributed by atoms with Crippen LogP contribution in [0.25, 0.3) is 0 Å². The maximum atomic E-state index is 12.0. The van der Waals surface area contributed by atoms with E-state index in [1.165, 1.54) is 0 Å². The van der Waals surface area contributed by atoms with E-state index in [9.17, 15) is 8.78 Å². The van der Waals surface area contributed by atoms with Crippen LogP contribution in [0.5, 0.6) is 0 Å². The van der Waals surface area contributed by atoms with Gasteiger partial charge in [0.1, 0.15) is 6.10 Å². The van der Waals surface area contributed by atoms with E-state index in [0.29, 0.717) is 19.6 Å². The molecule has 1 aliphatic heterocycles. The molecule has 1 fully saturated rings. The van der Waals surface area contributed by atoms with Gasteiger partial charge in [-0.1, -0.05) is 0 Å². The third-order valence-electron chi connectivity index (χ3n) is 1.81. The first-order chi connectivity index (χ1) is 4.75. The van der Waals surface area contributed by atoms with Gasteiger partial charge in [-0.15, -0.1) is 0 Å². The molecule has 1 heterocycles. The summed E-state index contributed by atoms with van der Waals surface area (Å²) in [6, 6.07) is 0. The van der Waals surface area contributed by atoms with Crippen molar-refractivity contribution in [2.24, 2.45) is 11.7 Å². The average molecular weight is 151 g/mol. The summed E-state index contributed by atoms with van der Waals surface area (Å²) in [5.74, 6) is -0.139. The lowest BCUT2D eigenvalue weighted by Gasteiger charge is -2.14. The van der Waals surface area contributed by atoms with Crippen LogP contribution in [-0.4, -0.2) is 25.7 Å². The Balaban J connectivity index is 2.42. The third kappa shape index (κ3) is 1.44. The minimum Gasteiger partial charge on any atom is -0.372 e. The number of alkyl halides is 2. The predicted octanol–water partition coefficient (Wildman–Crippen LogP) is 0.615. The van der Waals surface area contributed by atoms with Crippen molar-refractivity contribution in [3.05, 3.63) is 0 Å². The molecule has 0 aliphatic carbocycles. The van der Waals surface area contributed by atoms with Crippen LogP contribution in [0.1, 0.15) is 6.42 Å². The van der Waals surface area contributed by atoms with E-state index in [0.717, 1.165) is 0 Å². The first-order valence-corrected chi connectivity index (χ1v) is 3.35. The van der Waals surface area contributed by atoms with Gasteiger partial charge in [0.15, 0.2) is 0 Å². The highest BCUT2D eigenvalue weighted by molar-refractivity contribution is 4.78. The minimum atomic E-state index is -2.38. The number of ether oxygens (including phenoxy) is 1. The summed E-state index contributed by atoms with van der Waals surface area (Å²) in [7, 11) is 0. The normalized spacial score (nSPS) is 33.6. The topological polar surface area (TPSA) is 35.2 Å². The fraction of sp³-hybridized carbons (Fsp3) is 1.00. The van der Waals surface area contributed by atoms with E-state index in [2.05, 4.69) is 0 Å². The standard InChI is InChI=1S/C6H11F2NO/c7-6(8)5-4(3-9)1-2-10-5/h4-6H,1-3,9H2/t4-,5+/m0/s1. The van der Waals surface area contributed by atoms with Crippen molar-refractivity contribution in [1.82, 2.24) is 0 Å². The van der Waals surface area contributed by atoms with E-state index in [-0.39, 0.29) is 5.92 Å². The second-order valence-electron chi connectivity index (χ2n) is 2.45. The van der Waals surface area contributed by atoms with Crippen LogP contribution in [-0.2, 0) is 4.74 Å². The molecule has 2 nitrogen and oxygen atoms in total. The molecular weight excluding hydrogens is 140 g/mol. The largest absolute Gasteiger partial charge is 0.372 e. The van der Waals surface area contributed by atoms with Crippen LogP contribution in [0.2, 0.25) is 0 Å². The molecule has 0 spiro atoms. The Bertz CT molecular complexity index is 110. The zero-order valence-electron chi connectivity index (χ0n) is 5.59. The van der Waals surface area contributed by atoms with Gasteiger partial charge < -0.3 is 10.5 Å². The van der Waals surface area contributed by atoms with Gasteiger partial charge in [-0.2, -0.15) is 0 Å². The van der Waals surface area contributed by atoms with Crippen molar-refractivity contribution in [1.29, 1.82) is 0 Å². The lowest BCUT2D eigenvalue weighted by Crippen LogP contribution is -2.29. The molecule has 0 aromatic carbocycles. The Morgan fingerprint density at radius 3 is 2.70 bits per heavy atom. The van der Waals surface area contributed by atoms with Gasteiger partial charge in [0.05, 0.1) is 0 Å². The van der Waals surface area contributed by atoms with Gasteiger partial charge in [-0.25, -0.2) is 8.78 Å². The Labute approximate surface area is 58.3 Å². The highest BCUT2D eigenvalue weighted by Crippen LogP contribution is 2.24. The lowest BCUT2D eigenvalue weighted by molar-refractivity contribution is -0.0379. The van der Waals surface area contributed by atoms with Crippen LogP contribution < -0.4 is 5.73 Å². The van der Waals surface area contributed by atoms with E-state index < -0.39 is 12.5 Å². The Hall–Kier alpha value is -0.220. The van der Waals surface area contributed by atoms with Crippen molar-refractivity contribution in [2.75, 3.05) is 13.2 Å². The number of halogens is 2. The fourth-order valence-electron chi connectivity index (χ4n) is 1.19. The molecule has 10 heavy (non-hydrogen) atoms. The molecule has 0 radical (unpaired) electrons. The van der Waals surface area contributed by atoms with Crippen LogP contribution >= 0.6 is 0 Å². The van der Waals surface area contributed by atoms with Gasteiger partial charge in [-0.05, 0) is 13.0 Å². The predicted molar refractivity (Wildman–Crippen MR) is 32.9 cm³/mol. The van der Waals surface area contributed by atoms with Crippen molar-refractivity contribution in [2.45, 2.75) is 19.0 Å². The average Bonchev–Trinajstić information content (AvgIpc) is 2.33. The summed E-state index contributed by atoms with van der Waals surface area (Å²) >= 11 is 0. The molecule has 0 unspecified atom stereocenters. The summed E-state index contributed by atoms with van der Waals surface area (Å²) in [5.41, 5.74) is 5.25. The van der Waals surface area contributed by atoms with E-state index in [1.807, 2.05) is 0 Å². The lowest BCUT2D eigenvalue weighted by atomic mass is 10.0. The van der Waals surface area contributed by atoms with Crippen LogP contribution in [0.15, 0.2) is 0 Å². The number of rotatable bonds is 2. The summed E-state index contributed by atoms with van der Waals surface area (Å²) in [4.78, 5) is 0. The number of hydrogen-bond donors (Lipinski definition) is 1. The number of hydrogen-bond acceptors (Lipinski definition) is 2. The molecule has 0 bridgehead atoms. The van der Waals surface area contributed by atoms with Gasteiger partial charge >= 0.3 is 0 Å². The monoisotopic (exact) mass is 151 g/mol. The van der Waals surface area contributed by atoms with Gasteiger partial charge in [0, 0.05) is 12.5 Å². The molecule has 60 valence electrons. The summed E-state index contributed by atoms with van der Waals surface area (Å²) < 4.78 is 28.8. The highest BCUT2D eigenvalue weighted by Gasteiger charge is 2.34. The van der Waals surface area contributed by atoms with Crippen molar-refractivity contribution >= 4 is 0 Å². The molecule has 0 saturated carbocycles. The zero-order valence-corrected chi connectivity index (χ0v) is 5.59. The van der Waals surface area contributed by atoms with E-state index >= 15 is 0 Å². The Morgan fingerprint density at radius 2 is 2.30 bits per heavy atom.